The molecule has 0 aliphatic rings. The maximum atomic E-state index is 12.5. The summed E-state index contributed by atoms with van der Waals surface area (Å²) in [6.45, 7) is 1.41. The van der Waals surface area contributed by atoms with Crippen LogP contribution in [0.3, 0.4) is 0 Å². The summed E-state index contributed by atoms with van der Waals surface area (Å²) < 4.78 is 32.4. The van der Waals surface area contributed by atoms with Crippen LogP contribution in [0, 0.1) is 0 Å². The van der Waals surface area contributed by atoms with Gasteiger partial charge >= 0.3 is 5.97 Å². The lowest BCUT2D eigenvalue weighted by atomic mass is 10.2. The maximum absolute atomic E-state index is 12.5. The zero-order valence-corrected chi connectivity index (χ0v) is 15.6. The summed E-state index contributed by atoms with van der Waals surface area (Å²) in [6.07, 6.45) is -1.00. The van der Waals surface area contributed by atoms with Gasteiger partial charge in [-0.25, -0.2) is 13.2 Å². The standard InChI is InChI=1S/C17H17ClN2O5S/c1-11(16(21)19-2)25-17(22)12-5-3-8-15(9-12)26(23,24)20-14-7-4-6-13(18)10-14/h3-11,20H,1-2H3,(H,19,21)/t11-/m1/s1. The van der Waals surface area contributed by atoms with E-state index in [2.05, 4.69) is 10.0 Å². The largest absolute Gasteiger partial charge is 0.449 e. The van der Waals surface area contributed by atoms with Crippen molar-refractivity contribution >= 4 is 39.2 Å². The van der Waals surface area contributed by atoms with E-state index in [0.717, 1.165) is 0 Å². The Morgan fingerprint density at radius 1 is 1.12 bits per heavy atom. The molecule has 0 aromatic heterocycles. The molecule has 26 heavy (non-hydrogen) atoms. The first-order valence-corrected chi connectivity index (χ1v) is 9.40. The van der Waals surface area contributed by atoms with Crippen molar-refractivity contribution in [2.45, 2.75) is 17.9 Å². The highest BCUT2D eigenvalue weighted by Crippen LogP contribution is 2.20. The second kappa shape index (κ2) is 8.20. The predicted molar refractivity (Wildman–Crippen MR) is 97.6 cm³/mol. The van der Waals surface area contributed by atoms with Crippen molar-refractivity contribution < 1.29 is 22.7 Å². The monoisotopic (exact) mass is 396 g/mol. The van der Waals surface area contributed by atoms with Crippen LogP contribution in [0.2, 0.25) is 5.02 Å². The number of hydrogen-bond acceptors (Lipinski definition) is 5. The number of rotatable bonds is 6. The molecular formula is C17H17ClN2O5S. The molecule has 138 valence electrons. The van der Waals surface area contributed by atoms with E-state index in [4.69, 9.17) is 16.3 Å². The van der Waals surface area contributed by atoms with Gasteiger partial charge in [0.05, 0.1) is 16.1 Å². The number of esters is 1. The highest BCUT2D eigenvalue weighted by molar-refractivity contribution is 7.92. The van der Waals surface area contributed by atoms with Crippen LogP contribution in [0.1, 0.15) is 17.3 Å². The zero-order chi connectivity index (χ0) is 19.3. The number of benzene rings is 2. The van der Waals surface area contributed by atoms with Crippen molar-refractivity contribution in [2.75, 3.05) is 11.8 Å². The van der Waals surface area contributed by atoms with Crippen molar-refractivity contribution in [3.63, 3.8) is 0 Å². The minimum absolute atomic E-state index is 0.00900. The normalized spacial score (nSPS) is 12.1. The summed E-state index contributed by atoms with van der Waals surface area (Å²) in [6, 6.07) is 11.6. The summed E-state index contributed by atoms with van der Waals surface area (Å²) in [4.78, 5) is 23.4. The molecule has 0 unspecified atom stereocenters. The maximum Gasteiger partial charge on any atom is 0.338 e. The molecule has 0 saturated carbocycles. The van der Waals surface area contributed by atoms with E-state index >= 15 is 0 Å². The molecule has 1 amide bonds. The second-order valence-corrected chi connectivity index (χ2v) is 7.42. The quantitative estimate of drug-likeness (QED) is 0.730. The molecule has 0 aliphatic carbocycles. The molecule has 7 nitrogen and oxygen atoms in total. The predicted octanol–water partition coefficient (Wildman–Crippen LogP) is 2.43. The van der Waals surface area contributed by atoms with Gasteiger partial charge in [0, 0.05) is 12.1 Å². The fourth-order valence-electron chi connectivity index (χ4n) is 2.04. The van der Waals surface area contributed by atoms with Crippen molar-refractivity contribution in [3.8, 4) is 0 Å². The van der Waals surface area contributed by atoms with Gasteiger partial charge in [0.15, 0.2) is 6.10 Å². The van der Waals surface area contributed by atoms with Gasteiger partial charge in [0.1, 0.15) is 0 Å². The van der Waals surface area contributed by atoms with Crippen molar-refractivity contribution in [1.29, 1.82) is 0 Å². The van der Waals surface area contributed by atoms with E-state index in [1.165, 1.54) is 44.3 Å². The number of ether oxygens (including phenoxy) is 1. The van der Waals surface area contributed by atoms with E-state index < -0.39 is 28.0 Å². The number of sulfonamides is 1. The molecule has 0 aliphatic heterocycles. The second-order valence-electron chi connectivity index (χ2n) is 5.31. The van der Waals surface area contributed by atoms with Gasteiger partial charge in [-0.2, -0.15) is 0 Å². The smallest absolute Gasteiger partial charge is 0.338 e. The first-order chi connectivity index (χ1) is 12.2. The Labute approximate surface area is 156 Å². The topological polar surface area (TPSA) is 102 Å². The molecule has 0 spiro atoms. The molecule has 2 aromatic rings. The van der Waals surface area contributed by atoms with E-state index in [1.807, 2.05) is 0 Å². The Bertz CT molecular complexity index is 930. The Morgan fingerprint density at radius 3 is 2.46 bits per heavy atom. The molecule has 2 N–H and O–H groups in total. The molecule has 1 atom stereocenters. The number of likely N-dealkylation sites (N-methyl/N-ethyl adjacent to an activating group) is 1. The van der Waals surface area contributed by atoms with Crippen LogP contribution in [0.4, 0.5) is 5.69 Å². The van der Waals surface area contributed by atoms with Gasteiger partial charge in [0.2, 0.25) is 0 Å². The molecule has 2 aromatic carbocycles. The first-order valence-electron chi connectivity index (χ1n) is 7.54. The van der Waals surface area contributed by atoms with Crippen molar-refractivity contribution in [1.82, 2.24) is 5.32 Å². The van der Waals surface area contributed by atoms with Gasteiger partial charge < -0.3 is 10.1 Å². The number of carbonyl (C=O) groups excluding carboxylic acids is 2. The molecule has 2 rings (SSSR count). The van der Waals surface area contributed by atoms with E-state index in [-0.39, 0.29) is 10.5 Å². The summed E-state index contributed by atoms with van der Waals surface area (Å²) >= 11 is 5.84. The van der Waals surface area contributed by atoms with E-state index in [9.17, 15) is 18.0 Å². The van der Waals surface area contributed by atoms with E-state index in [1.54, 1.807) is 18.2 Å². The van der Waals surface area contributed by atoms with Crippen LogP contribution in [-0.2, 0) is 19.6 Å². The molecule has 0 heterocycles. The summed E-state index contributed by atoms with van der Waals surface area (Å²) in [5.41, 5.74) is 0.299. The van der Waals surface area contributed by atoms with E-state index in [0.29, 0.717) is 10.7 Å². The highest BCUT2D eigenvalue weighted by Gasteiger charge is 2.20. The number of anilines is 1. The lowest BCUT2D eigenvalue weighted by molar-refractivity contribution is -0.128. The summed E-state index contributed by atoms with van der Waals surface area (Å²) in [5, 5.41) is 2.74. The third-order valence-electron chi connectivity index (χ3n) is 3.36. The van der Waals surface area contributed by atoms with Gasteiger partial charge in [-0.1, -0.05) is 23.7 Å². The van der Waals surface area contributed by atoms with Crippen LogP contribution in [0.15, 0.2) is 53.4 Å². The number of amides is 1. The third-order valence-corrected chi connectivity index (χ3v) is 4.97. The third kappa shape index (κ3) is 4.96. The fourth-order valence-corrected chi connectivity index (χ4v) is 3.33. The molecule has 9 heteroatoms. The van der Waals surface area contributed by atoms with Crippen LogP contribution in [0.5, 0.6) is 0 Å². The van der Waals surface area contributed by atoms with Crippen LogP contribution < -0.4 is 10.0 Å². The Morgan fingerprint density at radius 2 is 1.81 bits per heavy atom. The van der Waals surface area contributed by atoms with Crippen LogP contribution in [0.25, 0.3) is 0 Å². The lowest BCUT2D eigenvalue weighted by Crippen LogP contribution is -2.33. The van der Waals surface area contributed by atoms with Gasteiger partial charge in [-0.05, 0) is 43.3 Å². The van der Waals surface area contributed by atoms with Crippen molar-refractivity contribution in [2.24, 2.45) is 0 Å². The molecule has 0 saturated heterocycles. The van der Waals surface area contributed by atoms with Crippen LogP contribution in [-0.4, -0.2) is 33.4 Å². The summed E-state index contributed by atoms with van der Waals surface area (Å²) in [7, 11) is -2.51. The molecule has 0 bridgehead atoms. The lowest BCUT2D eigenvalue weighted by Gasteiger charge is -2.12. The number of carbonyl (C=O) groups is 2. The average Bonchev–Trinajstić information content (AvgIpc) is 2.60. The highest BCUT2D eigenvalue weighted by atomic mass is 35.5. The van der Waals surface area contributed by atoms with Crippen LogP contribution >= 0.6 is 11.6 Å². The summed E-state index contributed by atoms with van der Waals surface area (Å²) in [5.74, 6) is -1.27. The van der Waals surface area contributed by atoms with Gasteiger partial charge in [-0.15, -0.1) is 0 Å². The zero-order valence-electron chi connectivity index (χ0n) is 14.0. The molecular weight excluding hydrogens is 380 g/mol. The van der Waals surface area contributed by atoms with Gasteiger partial charge in [0.25, 0.3) is 15.9 Å². The minimum Gasteiger partial charge on any atom is -0.449 e. The van der Waals surface area contributed by atoms with Gasteiger partial charge in [-0.3, -0.25) is 9.52 Å². The molecule has 0 fully saturated rings. The van der Waals surface area contributed by atoms with Crippen molar-refractivity contribution in [3.05, 3.63) is 59.1 Å². The first kappa shape index (κ1) is 19.7. The Balaban J connectivity index is 2.22. The fraction of sp³-hybridized carbons (Fsp3) is 0.176. The SMILES string of the molecule is CNC(=O)[C@@H](C)OC(=O)c1cccc(S(=O)(=O)Nc2cccc(Cl)c2)c1. The molecule has 0 radical (unpaired) electrons. The Hall–Kier alpha value is -2.58. The minimum atomic E-state index is -3.93. The number of hydrogen-bond donors (Lipinski definition) is 2. The number of halogens is 1. The number of nitrogens with one attached hydrogen (secondary N) is 2. The Kier molecular flexibility index (Phi) is 6.23. The average molecular weight is 397 g/mol.